The first-order valence-electron chi connectivity index (χ1n) is 25.2. The van der Waals surface area contributed by atoms with Crippen LogP contribution in [0.25, 0.3) is 77.5 Å². The fraction of sp³-hybridized carbons (Fsp3) is 0.147. The molecular formula is C68H51N. The van der Waals surface area contributed by atoms with E-state index in [0.29, 0.717) is 5.41 Å². The van der Waals surface area contributed by atoms with Crippen molar-refractivity contribution < 1.29 is 0 Å². The van der Waals surface area contributed by atoms with Crippen LogP contribution in [-0.4, -0.2) is 0 Å². The third-order valence-electron chi connectivity index (χ3n) is 17.9. The fourth-order valence-corrected chi connectivity index (χ4v) is 15.4. The predicted molar refractivity (Wildman–Crippen MR) is 287 cm³/mol. The lowest BCUT2D eigenvalue weighted by molar-refractivity contribution is -0.231. The lowest BCUT2D eigenvalue weighted by atomic mass is 9.27. The summed E-state index contributed by atoms with van der Waals surface area (Å²) in [4.78, 5) is 2.52. The van der Waals surface area contributed by atoms with E-state index in [1.54, 1.807) is 11.1 Å². The molecule has 1 nitrogen and oxygen atoms in total. The normalized spacial score (nSPS) is 23.0. The van der Waals surface area contributed by atoms with E-state index < -0.39 is 0 Å². The zero-order valence-corrected chi connectivity index (χ0v) is 38.6. The zero-order valence-electron chi connectivity index (χ0n) is 38.6. The quantitative estimate of drug-likeness (QED) is 0.147. The Morgan fingerprint density at radius 2 is 0.899 bits per heavy atom. The van der Waals surface area contributed by atoms with Crippen molar-refractivity contribution >= 4 is 27.8 Å². The molecule has 328 valence electrons. The number of hydrogen-bond acceptors (Lipinski definition) is 1. The van der Waals surface area contributed by atoms with Gasteiger partial charge in [0.25, 0.3) is 0 Å². The third-order valence-corrected chi connectivity index (χ3v) is 17.9. The highest BCUT2D eigenvalue weighted by atomic mass is 15.1. The molecule has 10 aromatic rings. The second-order valence-corrected chi connectivity index (χ2v) is 20.8. The van der Waals surface area contributed by atoms with Gasteiger partial charge in [0.15, 0.2) is 0 Å². The van der Waals surface area contributed by atoms with Gasteiger partial charge in [0.1, 0.15) is 0 Å². The summed E-state index contributed by atoms with van der Waals surface area (Å²) in [5, 5.41) is 2.49. The number of rotatable bonds is 8. The van der Waals surface area contributed by atoms with Crippen molar-refractivity contribution in [2.45, 2.75) is 31.1 Å². The number of nitrogens with zero attached hydrogens (tertiary/aromatic N) is 1. The van der Waals surface area contributed by atoms with Crippen LogP contribution in [-0.2, 0) is 5.41 Å². The van der Waals surface area contributed by atoms with E-state index in [9.17, 15) is 0 Å². The maximum Gasteiger partial charge on any atom is 0.0540 e. The Morgan fingerprint density at radius 1 is 0.348 bits per heavy atom. The van der Waals surface area contributed by atoms with Gasteiger partial charge in [-0.05, 0) is 169 Å². The van der Waals surface area contributed by atoms with E-state index in [1.807, 2.05) is 0 Å². The summed E-state index contributed by atoms with van der Waals surface area (Å²) in [5.74, 6) is 3.49. The maximum atomic E-state index is 2.63. The van der Waals surface area contributed by atoms with Gasteiger partial charge in [-0.1, -0.05) is 200 Å². The van der Waals surface area contributed by atoms with Crippen molar-refractivity contribution in [2.75, 3.05) is 4.90 Å². The molecule has 5 aliphatic carbocycles. The molecule has 2 bridgehead atoms. The molecule has 0 heterocycles. The first-order chi connectivity index (χ1) is 34.2. The lowest BCUT2D eigenvalue weighted by Gasteiger charge is -2.76. The van der Waals surface area contributed by atoms with E-state index in [0.717, 1.165) is 40.7 Å². The summed E-state index contributed by atoms with van der Waals surface area (Å²) in [7, 11) is 0. The smallest absolute Gasteiger partial charge is 0.0540 e. The van der Waals surface area contributed by atoms with Crippen LogP contribution in [0.4, 0.5) is 17.1 Å². The van der Waals surface area contributed by atoms with Gasteiger partial charge >= 0.3 is 0 Å². The first kappa shape index (κ1) is 39.3. The molecule has 10 aromatic carbocycles. The molecule has 4 saturated carbocycles. The van der Waals surface area contributed by atoms with Crippen LogP contribution >= 0.6 is 0 Å². The van der Waals surface area contributed by atoms with E-state index in [1.165, 1.54) is 103 Å². The van der Waals surface area contributed by atoms with Crippen LogP contribution in [0.1, 0.15) is 36.8 Å². The monoisotopic (exact) mass is 881 g/mol. The first-order valence-corrected chi connectivity index (χ1v) is 25.2. The molecule has 1 heteroatoms. The minimum absolute atomic E-state index is 0.176. The Morgan fingerprint density at radius 3 is 1.65 bits per heavy atom. The molecule has 6 atom stereocenters. The standard InChI is InChI=1S/C68H51N/c1-4-16-45(17-5-1)50-33-37-63(59(40-50)48-20-8-3-9-21-48)69(62-29-13-11-25-57(62)58-27-15-23-49-22-14-26-54(66(49)58)47-18-6-2-7-19-47)53-34-30-46(31-35-53)51-32-36-56-55-24-10-12-28-60(55)68(61(56)41-51)64-39-44-38-52-42-65(68)67(52,64)43-44/h1-37,40-41,44,52,64-65H,38-39,42-43H2. The van der Waals surface area contributed by atoms with Crippen molar-refractivity contribution in [1.29, 1.82) is 0 Å². The minimum Gasteiger partial charge on any atom is -0.309 e. The van der Waals surface area contributed by atoms with Crippen LogP contribution in [0.2, 0.25) is 0 Å². The molecule has 0 aromatic heterocycles. The van der Waals surface area contributed by atoms with Gasteiger partial charge in [0.05, 0.1) is 11.4 Å². The van der Waals surface area contributed by atoms with Crippen molar-refractivity contribution in [1.82, 2.24) is 0 Å². The molecule has 2 spiro atoms. The molecule has 6 unspecified atom stereocenters. The van der Waals surface area contributed by atoms with Gasteiger partial charge in [-0.2, -0.15) is 0 Å². The fourth-order valence-electron chi connectivity index (χ4n) is 15.4. The highest BCUT2D eigenvalue weighted by Crippen LogP contribution is 2.89. The average Bonchev–Trinajstić information content (AvgIpc) is 4.06. The molecule has 4 fully saturated rings. The summed E-state index contributed by atoms with van der Waals surface area (Å²) in [5.41, 5.74) is 22.6. The molecular weight excluding hydrogens is 831 g/mol. The van der Waals surface area contributed by atoms with Crippen molar-refractivity contribution in [3.63, 3.8) is 0 Å². The third kappa shape index (κ3) is 5.48. The molecule has 0 radical (unpaired) electrons. The summed E-state index contributed by atoms with van der Waals surface area (Å²) in [6, 6.07) is 88.6. The number of anilines is 3. The largest absolute Gasteiger partial charge is 0.309 e. The molecule has 69 heavy (non-hydrogen) atoms. The van der Waals surface area contributed by atoms with Crippen LogP contribution in [0.5, 0.6) is 0 Å². The highest BCUT2D eigenvalue weighted by molar-refractivity contribution is 6.09. The lowest BCUT2D eigenvalue weighted by Crippen LogP contribution is -2.73. The minimum atomic E-state index is 0.176. The molecule has 0 N–H and O–H groups in total. The van der Waals surface area contributed by atoms with E-state index in [-0.39, 0.29) is 5.41 Å². The summed E-state index contributed by atoms with van der Waals surface area (Å²) >= 11 is 0. The van der Waals surface area contributed by atoms with E-state index >= 15 is 0 Å². The Bertz CT molecular complexity index is 3640. The Kier molecular flexibility index (Phi) is 8.47. The van der Waals surface area contributed by atoms with Crippen molar-refractivity contribution in [2.24, 2.45) is 29.1 Å². The maximum absolute atomic E-state index is 2.63. The number of para-hydroxylation sites is 1. The Hall–Kier alpha value is -7.74. The average molecular weight is 882 g/mol. The van der Waals surface area contributed by atoms with Crippen molar-refractivity contribution in [3.8, 4) is 66.8 Å². The summed E-state index contributed by atoms with van der Waals surface area (Å²) in [6.07, 6.45) is 5.82. The van der Waals surface area contributed by atoms with Crippen LogP contribution in [0.15, 0.2) is 237 Å². The second kappa shape index (κ2) is 14.9. The van der Waals surface area contributed by atoms with Crippen molar-refractivity contribution in [3.05, 3.63) is 248 Å². The molecule has 15 rings (SSSR count). The zero-order chi connectivity index (χ0) is 45.3. The van der Waals surface area contributed by atoms with E-state index in [4.69, 9.17) is 0 Å². The highest BCUT2D eigenvalue weighted by Gasteiger charge is 2.84. The van der Waals surface area contributed by atoms with Gasteiger partial charge < -0.3 is 4.90 Å². The van der Waals surface area contributed by atoms with Gasteiger partial charge in [0, 0.05) is 22.2 Å². The van der Waals surface area contributed by atoms with E-state index in [2.05, 4.69) is 241 Å². The topological polar surface area (TPSA) is 3.24 Å². The number of benzene rings is 10. The van der Waals surface area contributed by atoms with Gasteiger partial charge in [0.2, 0.25) is 0 Å². The molecule has 0 saturated heterocycles. The molecule has 0 amide bonds. The second-order valence-electron chi connectivity index (χ2n) is 20.8. The Balaban J connectivity index is 0.907. The van der Waals surface area contributed by atoms with Gasteiger partial charge in [-0.3, -0.25) is 0 Å². The SMILES string of the molecule is c1ccc(-c2ccc(N(c3ccc(-c4ccc5c(c4)C4(c6ccccc6-5)C5CC6CC7CC4C75C6)cc3)c3ccccc3-c3cccc4cccc(-c5ccccc5)c34)c(-c3ccccc3)c2)cc1. The summed E-state index contributed by atoms with van der Waals surface area (Å²) < 4.78 is 0. The number of fused-ring (bicyclic) bond motifs is 9. The summed E-state index contributed by atoms with van der Waals surface area (Å²) in [6.45, 7) is 0. The van der Waals surface area contributed by atoms with Crippen LogP contribution in [0, 0.1) is 29.1 Å². The molecule has 0 aliphatic heterocycles. The van der Waals surface area contributed by atoms with Gasteiger partial charge in [-0.15, -0.1) is 0 Å². The Labute approximate surface area is 405 Å². The van der Waals surface area contributed by atoms with Gasteiger partial charge in [-0.25, -0.2) is 0 Å². The molecule has 5 aliphatic rings. The van der Waals surface area contributed by atoms with Crippen LogP contribution < -0.4 is 4.90 Å². The predicted octanol–water partition coefficient (Wildman–Crippen LogP) is 18.0. The van der Waals surface area contributed by atoms with Crippen LogP contribution in [0.3, 0.4) is 0 Å². The number of hydrogen-bond donors (Lipinski definition) is 0.